The first-order chi connectivity index (χ1) is 11.7. The summed E-state index contributed by atoms with van der Waals surface area (Å²) < 4.78 is 6.59. The predicted molar refractivity (Wildman–Crippen MR) is 91.1 cm³/mol. The Bertz CT molecular complexity index is 861. The van der Waals surface area contributed by atoms with Crippen molar-refractivity contribution in [1.29, 1.82) is 0 Å². The summed E-state index contributed by atoms with van der Waals surface area (Å²) in [5.74, 6) is 0.109. The van der Waals surface area contributed by atoms with Gasteiger partial charge in [-0.05, 0) is 11.1 Å². The zero-order valence-corrected chi connectivity index (χ0v) is 13.3. The topological polar surface area (TPSA) is 64.3 Å². The molecule has 0 spiro atoms. The molecule has 0 aliphatic carbocycles. The van der Waals surface area contributed by atoms with Crippen LogP contribution < -0.4 is 10.3 Å². The van der Waals surface area contributed by atoms with Crippen molar-refractivity contribution in [2.75, 3.05) is 7.11 Å². The Morgan fingerprint density at radius 2 is 1.71 bits per heavy atom. The smallest absolute Gasteiger partial charge is 0.309 e. The van der Waals surface area contributed by atoms with E-state index in [2.05, 4.69) is 5.10 Å². The van der Waals surface area contributed by atoms with Crippen LogP contribution in [-0.2, 0) is 6.54 Å². The minimum atomic E-state index is -0.965. The molecule has 122 valence electrons. The van der Waals surface area contributed by atoms with Crippen molar-refractivity contribution in [2.45, 2.75) is 12.6 Å². The largest absolute Gasteiger partial charge is 0.491 e. The molecule has 3 aromatic rings. The summed E-state index contributed by atoms with van der Waals surface area (Å²) in [4.78, 5) is 12.6. The van der Waals surface area contributed by atoms with E-state index in [0.717, 1.165) is 5.56 Å². The zero-order chi connectivity index (χ0) is 16.9. The molecule has 5 heteroatoms. The third-order valence-corrected chi connectivity index (χ3v) is 3.82. The van der Waals surface area contributed by atoms with Gasteiger partial charge in [0.2, 0.25) is 0 Å². The van der Waals surface area contributed by atoms with Crippen LogP contribution >= 0.6 is 0 Å². The summed E-state index contributed by atoms with van der Waals surface area (Å²) in [7, 11) is 1.42. The van der Waals surface area contributed by atoms with Crippen LogP contribution in [0.2, 0.25) is 0 Å². The lowest BCUT2D eigenvalue weighted by atomic mass is 10.0. The number of benzene rings is 2. The van der Waals surface area contributed by atoms with Crippen LogP contribution in [0.25, 0.3) is 0 Å². The average molecular weight is 322 g/mol. The summed E-state index contributed by atoms with van der Waals surface area (Å²) in [5.41, 5.74) is 1.63. The molecule has 2 aromatic carbocycles. The lowest BCUT2D eigenvalue weighted by Gasteiger charge is -2.15. The molecule has 0 fully saturated rings. The van der Waals surface area contributed by atoms with Crippen LogP contribution in [0.4, 0.5) is 0 Å². The van der Waals surface area contributed by atoms with Crippen LogP contribution in [0, 0.1) is 0 Å². The molecule has 0 aliphatic rings. The number of nitrogens with zero attached hydrogens (tertiary/aromatic N) is 2. The van der Waals surface area contributed by atoms with E-state index >= 15 is 0 Å². The Balaban J connectivity index is 1.98. The van der Waals surface area contributed by atoms with Crippen molar-refractivity contribution in [3.63, 3.8) is 0 Å². The van der Waals surface area contributed by atoms with Crippen molar-refractivity contribution in [2.24, 2.45) is 0 Å². The number of aliphatic hydroxyl groups is 1. The second kappa shape index (κ2) is 7.10. The molecule has 24 heavy (non-hydrogen) atoms. The molecule has 1 N–H and O–H groups in total. The van der Waals surface area contributed by atoms with E-state index < -0.39 is 6.10 Å². The van der Waals surface area contributed by atoms with E-state index in [9.17, 15) is 9.90 Å². The van der Waals surface area contributed by atoms with Crippen molar-refractivity contribution in [1.82, 2.24) is 9.78 Å². The molecule has 0 radical (unpaired) electrons. The third kappa shape index (κ3) is 3.21. The maximum Gasteiger partial charge on any atom is 0.309 e. The summed E-state index contributed by atoms with van der Waals surface area (Å²) in [6.07, 6.45) is 0.522. The highest BCUT2D eigenvalue weighted by molar-refractivity contribution is 5.37. The fraction of sp³-hybridized carbons (Fsp3) is 0.158. The van der Waals surface area contributed by atoms with Crippen molar-refractivity contribution in [3.05, 3.63) is 93.9 Å². The zero-order valence-electron chi connectivity index (χ0n) is 13.3. The van der Waals surface area contributed by atoms with Crippen LogP contribution in [0.15, 0.2) is 71.7 Å². The molecule has 1 aromatic heterocycles. The first-order valence-corrected chi connectivity index (χ1v) is 7.61. The van der Waals surface area contributed by atoms with Gasteiger partial charge in [0.1, 0.15) is 6.10 Å². The molecule has 0 amide bonds. The van der Waals surface area contributed by atoms with Crippen LogP contribution in [0.5, 0.6) is 5.75 Å². The highest BCUT2D eigenvalue weighted by atomic mass is 16.5. The molecule has 0 aliphatic heterocycles. The average Bonchev–Trinajstić information content (AvgIpc) is 2.64. The van der Waals surface area contributed by atoms with E-state index in [1.807, 2.05) is 48.5 Å². The Hall–Kier alpha value is -2.92. The standard InChI is InChI=1S/C19H18N2O3/c1-24-18-16(17(22)15-10-6-3-7-11-15)12-20-21(19(18)23)13-14-8-4-2-5-9-14/h2-12,17,22H,13H2,1H3. The molecule has 1 unspecified atom stereocenters. The second-order valence-electron chi connectivity index (χ2n) is 5.39. The molecule has 3 rings (SSSR count). The van der Waals surface area contributed by atoms with Crippen LogP contribution in [0.3, 0.4) is 0 Å². The maximum atomic E-state index is 12.6. The number of aliphatic hydroxyl groups excluding tert-OH is 1. The van der Waals surface area contributed by atoms with Gasteiger partial charge < -0.3 is 9.84 Å². The number of aromatic nitrogens is 2. The van der Waals surface area contributed by atoms with Gasteiger partial charge in [-0.1, -0.05) is 60.7 Å². The third-order valence-electron chi connectivity index (χ3n) is 3.82. The molecule has 5 nitrogen and oxygen atoms in total. The fourth-order valence-electron chi connectivity index (χ4n) is 2.57. The minimum absolute atomic E-state index is 0.109. The molecular weight excluding hydrogens is 304 g/mol. The van der Waals surface area contributed by atoms with Gasteiger partial charge in [0.05, 0.1) is 25.4 Å². The molecule has 1 atom stereocenters. The van der Waals surface area contributed by atoms with Crippen LogP contribution in [0.1, 0.15) is 22.8 Å². The minimum Gasteiger partial charge on any atom is -0.491 e. The van der Waals surface area contributed by atoms with E-state index in [4.69, 9.17) is 4.74 Å². The van der Waals surface area contributed by atoms with Gasteiger partial charge in [-0.15, -0.1) is 0 Å². The fourth-order valence-corrected chi connectivity index (χ4v) is 2.57. The maximum absolute atomic E-state index is 12.6. The normalized spacial score (nSPS) is 11.9. The van der Waals surface area contributed by atoms with E-state index in [-0.39, 0.29) is 11.3 Å². The molecule has 0 saturated heterocycles. The van der Waals surface area contributed by atoms with Gasteiger partial charge in [-0.2, -0.15) is 5.10 Å². The summed E-state index contributed by atoms with van der Waals surface area (Å²) in [6.45, 7) is 0.345. The SMILES string of the molecule is COc1c(C(O)c2ccccc2)cnn(Cc2ccccc2)c1=O. The van der Waals surface area contributed by atoms with Gasteiger partial charge in [-0.3, -0.25) is 4.79 Å². The Morgan fingerprint density at radius 3 is 2.33 bits per heavy atom. The first-order valence-electron chi connectivity index (χ1n) is 7.61. The number of ether oxygens (including phenoxy) is 1. The van der Waals surface area contributed by atoms with Crippen molar-refractivity contribution in [3.8, 4) is 5.75 Å². The monoisotopic (exact) mass is 322 g/mol. The van der Waals surface area contributed by atoms with Crippen LogP contribution in [-0.4, -0.2) is 22.0 Å². The van der Waals surface area contributed by atoms with Crippen molar-refractivity contribution < 1.29 is 9.84 Å². The van der Waals surface area contributed by atoms with Gasteiger partial charge >= 0.3 is 5.56 Å². The Kier molecular flexibility index (Phi) is 4.72. The highest BCUT2D eigenvalue weighted by Gasteiger charge is 2.20. The van der Waals surface area contributed by atoms with Gasteiger partial charge in [-0.25, -0.2) is 4.68 Å². The summed E-state index contributed by atoms with van der Waals surface area (Å²) >= 11 is 0. The lowest BCUT2D eigenvalue weighted by molar-refractivity contribution is 0.212. The summed E-state index contributed by atoms with van der Waals surface area (Å²) in [5, 5.41) is 14.7. The Labute approximate surface area is 139 Å². The highest BCUT2D eigenvalue weighted by Crippen LogP contribution is 2.26. The number of methoxy groups -OCH3 is 1. The van der Waals surface area contributed by atoms with E-state index in [1.54, 1.807) is 12.1 Å². The van der Waals surface area contributed by atoms with Gasteiger partial charge in [0, 0.05) is 0 Å². The number of rotatable bonds is 5. The second-order valence-corrected chi connectivity index (χ2v) is 5.39. The number of hydrogen-bond donors (Lipinski definition) is 1. The quantitative estimate of drug-likeness (QED) is 0.783. The summed E-state index contributed by atoms with van der Waals surface area (Å²) in [6, 6.07) is 18.7. The Morgan fingerprint density at radius 1 is 1.08 bits per heavy atom. The molecular formula is C19H18N2O3. The molecule has 0 saturated carbocycles. The van der Waals surface area contributed by atoms with Gasteiger partial charge in [0.25, 0.3) is 0 Å². The van der Waals surface area contributed by atoms with Crippen molar-refractivity contribution >= 4 is 0 Å². The lowest BCUT2D eigenvalue weighted by Crippen LogP contribution is -2.26. The first kappa shape index (κ1) is 16.0. The molecule has 0 bridgehead atoms. The van der Waals surface area contributed by atoms with E-state index in [1.165, 1.54) is 18.0 Å². The predicted octanol–water partition coefficient (Wildman–Crippen LogP) is 2.38. The number of hydrogen-bond acceptors (Lipinski definition) is 4. The van der Waals surface area contributed by atoms with Gasteiger partial charge in [0.15, 0.2) is 5.75 Å². The van der Waals surface area contributed by atoms with E-state index in [0.29, 0.717) is 17.7 Å². The molecule has 1 heterocycles.